The minimum Gasteiger partial charge on any atom is -0.396 e. The first-order valence-corrected chi connectivity index (χ1v) is 7.61. The van der Waals surface area contributed by atoms with E-state index in [9.17, 15) is 0 Å². The van der Waals surface area contributed by atoms with Crippen molar-refractivity contribution in [3.63, 3.8) is 0 Å². The third kappa shape index (κ3) is 4.96. The Balaban J connectivity index is 2.99. The van der Waals surface area contributed by atoms with Gasteiger partial charge in [-0.15, -0.1) is 0 Å². The highest BCUT2D eigenvalue weighted by molar-refractivity contribution is 5.50. The number of aliphatic hydroxyl groups excluding tert-OH is 1. The lowest BCUT2D eigenvalue weighted by molar-refractivity contribution is 0.288. The summed E-state index contributed by atoms with van der Waals surface area (Å²) in [6.07, 6.45) is 2.64. The van der Waals surface area contributed by atoms with Crippen LogP contribution in [0.25, 0.3) is 0 Å². The Morgan fingerprint density at radius 1 is 1.30 bits per heavy atom. The number of rotatable bonds is 9. The third-order valence-corrected chi connectivity index (χ3v) is 3.11. The quantitative estimate of drug-likeness (QED) is 0.727. The van der Waals surface area contributed by atoms with Crippen molar-refractivity contribution in [2.75, 3.05) is 29.9 Å². The Morgan fingerprint density at radius 3 is 2.60 bits per heavy atom. The molecule has 0 aliphatic rings. The smallest absolute Gasteiger partial charge is 0.134 e. The fourth-order valence-corrected chi connectivity index (χ4v) is 2.01. The molecule has 2 N–H and O–H groups in total. The van der Waals surface area contributed by atoms with Crippen molar-refractivity contribution in [3.8, 4) is 0 Å². The molecule has 5 heteroatoms. The van der Waals surface area contributed by atoms with Crippen LogP contribution in [0.4, 0.5) is 11.6 Å². The van der Waals surface area contributed by atoms with Gasteiger partial charge in [-0.05, 0) is 26.7 Å². The third-order valence-electron chi connectivity index (χ3n) is 3.11. The van der Waals surface area contributed by atoms with Gasteiger partial charge in [0.1, 0.15) is 17.5 Å². The topological polar surface area (TPSA) is 61.3 Å². The zero-order chi connectivity index (χ0) is 15.0. The van der Waals surface area contributed by atoms with Gasteiger partial charge in [-0.3, -0.25) is 0 Å². The maximum atomic E-state index is 9.04. The van der Waals surface area contributed by atoms with Crippen molar-refractivity contribution < 1.29 is 5.11 Å². The molecule has 1 aromatic heterocycles. The lowest BCUT2D eigenvalue weighted by Crippen LogP contribution is -2.33. The molecule has 0 fully saturated rings. The number of nitrogens with zero attached hydrogens (tertiary/aromatic N) is 3. The molecule has 20 heavy (non-hydrogen) atoms. The van der Waals surface area contributed by atoms with Gasteiger partial charge < -0.3 is 15.3 Å². The van der Waals surface area contributed by atoms with Gasteiger partial charge in [0.15, 0.2) is 0 Å². The number of aliphatic hydroxyl groups is 1. The van der Waals surface area contributed by atoms with Crippen molar-refractivity contribution in [1.29, 1.82) is 0 Å². The normalized spacial score (nSPS) is 10.9. The van der Waals surface area contributed by atoms with Crippen LogP contribution in [0.3, 0.4) is 0 Å². The van der Waals surface area contributed by atoms with E-state index >= 15 is 0 Å². The van der Waals surface area contributed by atoms with Crippen LogP contribution < -0.4 is 10.2 Å². The maximum Gasteiger partial charge on any atom is 0.134 e. The zero-order valence-corrected chi connectivity index (χ0v) is 13.2. The summed E-state index contributed by atoms with van der Waals surface area (Å²) in [5, 5.41) is 12.4. The summed E-state index contributed by atoms with van der Waals surface area (Å²) in [5.41, 5.74) is 0. The van der Waals surface area contributed by atoms with Crippen LogP contribution in [0.1, 0.15) is 46.4 Å². The summed E-state index contributed by atoms with van der Waals surface area (Å²) < 4.78 is 0. The largest absolute Gasteiger partial charge is 0.396 e. The van der Waals surface area contributed by atoms with Gasteiger partial charge >= 0.3 is 0 Å². The van der Waals surface area contributed by atoms with Crippen LogP contribution in [0.5, 0.6) is 0 Å². The fraction of sp³-hybridized carbons (Fsp3) is 0.733. The van der Waals surface area contributed by atoms with Crippen LogP contribution in [0.2, 0.25) is 0 Å². The van der Waals surface area contributed by atoms with Crippen LogP contribution >= 0.6 is 0 Å². The average molecular weight is 280 g/mol. The summed E-state index contributed by atoms with van der Waals surface area (Å²) in [6, 6.07) is 2.35. The van der Waals surface area contributed by atoms with Gasteiger partial charge in [-0.2, -0.15) is 0 Å². The molecule has 1 heterocycles. The van der Waals surface area contributed by atoms with Gasteiger partial charge in [-0.25, -0.2) is 9.97 Å². The molecule has 0 aliphatic carbocycles. The van der Waals surface area contributed by atoms with E-state index in [0.717, 1.165) is 49.8 Å². The predicted octanol–water partition coefficient (Wildman–Crippen LogP) is 2.46. The van der Waals surface area contributed by atoms with Crippen LogP contribution in [0, 0.1) is 0 Å². The molecular formula is C15H28N4O. The Kier molecular flexibility index (Phi) is 7.30. The number of hydrogen-bond donors (Lipinski definition) is 2. The zero-order valence-electron chi connectivity index (χ0n) is 13.2. The minimum atomic E-state index is 0.204. The molecular weight excluding hydrogens is 252 g/mol. The van der Waals surface area contributed by atoms with E-state index in [1.165, 1.54) is 0 Å². The van der Waals surface area contributed by atoms with Crippen molar-refractivity contribution in [1.82, 2.24) is 9.97 Å². The van der Waals surface area contributed by atoms with E-state index in [1.807, 2.05) is 6.07 Å². The van der Waals surface area contributed by atoms with E-state index in [-0.39, 0.29) is 6.61 Å². The van der Waals surface area contributed by atoms with E-state index in [1.54, 1.807) is 0 Å². The maximum absolute atomic E-state index is 9.04. The lowest BCUT2D eigenvalue weighted by atomic mass is 10.2. The first kappa shape index (κ1) is 16.7. The Hall–Kier alpha value is -1.36. The van der Waals surface area contributed by atoms with E-state index in [4.69, 9.17) is 5.11 Å². The van der Waals surface area contributed by atoms with Gasteiger partial charge in [0.25, 0.3) is 0 Å². The second kappa shape index (κ2) is 8.74. The summed E-state index contributed by atoms with van der Waals surface area (Å²) in [5.74, 6) is 2.69. The van der Waals surface area contributed by atoms with Crippen molar-refractivity contribution in [3.05, 3.63) is 11.9 Å². The lowest BCUT2D eigenvalue weighted by Gasteiger charge is -2.28. The van der Waals surface area contributed by atoms with Gasteiger partial charge in [0.2, 0.25) is 0 Å². The van der Waals surface area contributed by atoms with E-state index in [2.05, 4.69) is 47.9 Å². The Labute approximate surface area is 122 Å². The van der Waals surface area contributed by atoms with Gasteiger partial charge in [-0.1, -0.05) is 13.8 Å². The molecule has 0 saturated heterocycles. The van der Waals surface area contributed by atoms with Crippen molar-refractivity contribution in [2.24, 2.45) is 0 Å². The number of anilines is 2. The number of nitrogens with one attached hydrogen (secondary N) is 1. The monoisotopic (exact) mass is 280 g/mol. The Morgan fingerprint density at radius 2 is 2.05 bits per heavy atom. The Bertz CT molecular complexity index is 395. The molecule has 0 bridgehead atoms. The molecule has 0 atom stereocenters. The molecule has 0 radical (unpaired) electrons. The molecule has 0 aliphatic heterocycles. The van der Waals surface area contributed by atoms with E-state index in [0.29, 0.717) is 6.04 Å². The highest BCUT2D eigenvalue weighted by Crippen LogP contribution is 2.19. The van der Waals surface area contributed by atoms with Gasteiger partial charge in [0, 0.05) is 38.2 Å². The molecule has 114 valence electrons. The highest BCUT2D eigenvalue weighted by atomic mass is 16.3. The summed E-state index contributed by atoms with van der Waals surface area (Å²) in [7, 11) is 0. The summed E-state index contributed by atoms with van der Waals surface area (Å²) in [4.78, 5) is 11.4. The molecule has 1 rings (SSSR count). The molecule has 0 aromatic carbocycles. The highest BCUT2D eigenvalue weighted by Gasteiger charge is 2.14. The second-order valence-electron chi connectivity index (χ2n) is 5.17. The minimum absolute atomic E-state index is 0.204. The van der Waals surface area contributed by atoms with Crippen molar-refractivity contribution >= 4 is 11.6 Å². The standard InChI is InChI=1S/C15H28N4O/c1-5-8-16-14-11-15(18-13(6-2)17-14)19(12(3)4)9-7-10-20/h11-12,20H,5-10H2,1-4H3,(H,16,17,18). The molecule has 0 spiro atoms. The average Bonchev–Trinajstić information content (AvgIpc) is 2.45. The summed E-state index contributed by atoms with van der Waals surface area (Å²) in [6.45, 7) is 10.4. The first-order valence-electron chi connectivity index (χ1n) is 7.61. The van der Waals surface area contributed by atoms with Crippen LogP contribution in [0.15, 0.2) is 6.07 Å². The number of aromatic nitrogens is 2. The molecule has 0 saturated carbocycles. The SMILES string of the molecule is CCCNc1cc(N(CCCO)C(C)C)nc(CC)n1. The first-order chi connectivity index (χ1) is 9.62. The molecule has 1 aromatic rings. The fourth-order valence-electron chi connectivity index (χ4n) is 2.01. The van der Waals surface area contributed by atoms with Crippen molar-refractivity contribution in [2.45, 2.75) is 53.0 Å². The van der Waals surface area contributed by atoms with Crippen LogP contribution in [-0.2, 0) is 6.42 Å². The second-order valence-corrected chi connectivity index (χ2v) is 5.17. The molecule has 0 amide bonds. The van der Waals surface area contributed by atoms with Crippen LogP contribution in [-0.4, -0.2) is 40.8 Å². The summed E-state index contributed by atoms with van der Waals surface area (Å²) >= 11 is 0. The van der Waals surface area contributed by atoms with Gasteiger partial charge in [0.05, 0.1) is 0 Å². The van der Waals surface area contributed by atoms with E-state index < -0.39 is 0 Å². The number of hydrogen-bond acceptors (Lipinski definition) is 5. The molecule has 5 nitrogen and oxygen atoms in total. The predicted molar refractivity (Wildman–Crippen MR) is 84.4 cm³/mol. The molecule has 0 unspecified atom stereocenters. The number of aryl methyl sites for hydroxylation is 1.